The second kappa shape index (κ2) is 10.4. The Kier molecular flexibility index (Phi) is 9.64. The molecule has 94 valence electrons. The summed E-state index contributed by atoms with van der Waals surface area (Å²) in [5.41, 5.74) is 0. The Morgan fingerprint density at radius 1 is 1.19 bits per heavy atom. The summed E-state index contributed by atoms with van der Waals surface area (Å²) in [4.78, 5) is 22.3. The number of ether oxygens (including phenoxy) is 1. The maximum absolute atomic E-state index is 11.2. The van der Waals surface area contributed by atoms with Crippen LogP contribution >= 0.6 is 0 Å². The summed E-state index contributed by atoms with van der Waals surface area (Å²) in [6.07, 6.45) is 1.58. The molecule has 0 heterocycles. The molecule has 0 atom stereocenters. The van der Waals surface area contributed by atoms with Gasteiger partial charge in [-0.25, -0.2) is 0 Å². The lowest BCUT2D eigenvalue weighted by atomic mass is 10.2. The van der Waals surface area contributed by atoms with E-state index in [1.807, 2.05) is 0 Å². The Labute approximate surface area is 95.4 Å². The van der Waals surface area contributed by atoms with E-state index in [0.717, 1.165) is 0 Å². The van der Waals surface area contributed by atoms with Crippen molar-refractivity contribution in [1.82, 2.24) is 10.6 Å². The largest absolute Gasteiger partial charge is 0.396 e. The summed E-state index contributed by atoms with van der Waals surface area (Å²) >= 11 is 0. The normalized spacial score (nSPS) is 9.88. The van der Waals surface area contributed by atoms with Gasteiger partial charge in [-0.15, -0.1) is 0 Å². The van der Waals surface area contributed by atoms with Gasteiger partial charge in [0.1, 0.15) is 0 Å². The molecule has 0 rings (SSSR count). The Bertz CT molecular complexity index is 187. The molecule has 0 aromatic carbocycles. The van der Waals surface area contributed by atoms with Gasteiger partial charge in [0.25, 0.3) is 0 Å². The lowest BCUT2D eigenvalue weighted by Crippen LogP contribution is -2.38. The van der Waals surface area contributed by atoms with Crippen LogP contribution < -0.4 is 10.6 Å². The Morgan fingerprint density at radius 2 is 1.94 bits per heavy atom. The van der Waals surface area contributed by atoms with Crippen molar-refractivity contribution in [1.29, 1.82) is 0 Å². The first-order chi connectivity index (χ1) is 7.70. The van der Waals surface area contributed by atoms with E-state index in [0.29, 0.717) is 32.4 Å². The van der Waals surface area contributed by atoms with Crippen molar-refractivity contribution in [3.63, 3.8) is 0 Å². The number of aliphatic hydroxyl groups is 1. The number of rotatable bonds is 9. The zero-order chi connectivity index (χ0) is 12.2. The molecular formula is C10H20N2O4. The van der Waals surface area contributed by atoms with Crippen molar-refractivity contribution in [2.45, 2.75) is 19.3 Å². The van der Waals surface area contributed by atoms with E-state index in [9.17, 15) is 9.59 Å². The maximum Gasteiger partial charge on any atom is 0.239 e. The molecule has 0 aromatic rings. The Morgan fingerprint density at radius 3 is 2.56 bits per heavy atom. The maximum atomic E-state index is 11.2. The molecule has 0 fully saturated rings. The first-order valence-corrected chi connectivity index (χ1v) is 5.34. The predicted molar refractivity (Wildman–Crippen MR) is 58.8 cm³/mol. The number of methoxy groups -OCH3 is 1. The molecular weight excluding hydrogens is 212 g/mol. The van der Waals surface area contributed by atoms with E-state index in [2.05, 4.69) is 10.6 Å². The number of aliphatic hydroxyl groups excluding tert-OH is 1. The zero-order valence-corrected chi connectivity index (χ0v) is 9.62. The lowest BCUT2D eigenvalue weighted by Gasteiger charge is -2.06. The fourth-order valence-corrected chi connectivity index (χ4v) is 1.02. The van der Waals surface area contributed by atoms with Crippen LogP contribution in [-0.2, 0) is 14.3 Å². The predicted octanol–water partition coefficient (Wildman–Crippen LogP) is -0.972. The molecule has 0 spiro atoms. The van der Waals surface area contributed by atoms with Crippen LogP contribution in [0.3, 0.4) is 0 Å². The van der Waals surface area contributed by atoms with Gasteiger partial charge in [0.05, 0.1) is 13.2 Å². The van der Waals surface area contributed by atoms with Crippen molar-refractivity contribution in [2.24, 2.45) is 0 Å². The van der Waals surface area contributed by atoms with Gasteiger partial charge in [0.15, 0.2) is 0 Å². The van der Waals surface area contributed by atoms with Crippen LogP contribution in [0.25, 0.3) is 0 Å². The van der Waals surface area contributed by atoms with Crippen LogP contribution in [-0.4, -0.2) is 50.3 Å². The molecule has 2 amide bonds. The van der Waals surface area contributed by atoms with Gasteiger partial charge in [-0.05, 0) is 12.8 Å². The topological polar surface area (TPSA) is 87.7 Å². The van der Waals surface area contributed by atoms with Gasteiger partial charge in [-0.1, -0.05) is 0 Å². The second-order valence-electron chi connectivity index (χ2n) is 3.30. The third-order valence-electron chi connectivity index (χ3n) is 1.89. The number of carbonyl (C=O) groups excluding carboxylic acids is 2. The van der Waals surface area contributed by atoms with Gasteiger partial charge in [-0.3, -0.25) is 9.59 Å². The van der Waals surface area contributed by atoms with Crippen molar-refractivity contribution in [3.05, 3.63) is 0 Å². The van der Waals surface area contributed by atoms with E-state index in [1.165, 1.54) is 0 Å². The van der Waals surface area contributed by atoms with E-state index in [1.54, 1.807) is 7.11 Å². The van der Waals surface area contributed by atoms with Crippen LogP contribution in [0, 0.1) is 0 Å². The van der Waals surface area contributed by atoms with Gasteiger partial charge < -0.3 is 20.5 Å². The van der Waals surface area contributed by atoms with Crippen LogP contribution in [0.5, 0.6) is 0 Å². The van der Waals surface area contributed by atoms with E-state index < -0.39 is 0 Å². The summed E-state index contributed by atoms with van der Waals surface area (Å²) in [5, 5.41) is 13.6. The van der Waals surface area contributed by atoms with Crippen molar-refractivity contribution >= 4 is 11.8 Å². The van der Waals surface area contributed by atoms with Gasteiger partial charge in [0, 0.05) is 26.7 Å². The smallest absolute Gasteiger partial charge is 0.239 e. The molecule has 0 aliphatic heterocycles. The molecule has 0 aromatic heterocycles. The number of hydrogen-bond donors (Lipinski definition) is 3. The molecule has 6 nitrogen and oxygen atoms in total. The summed E-state index contributed by atoms with van der Waals surface area (Å²) in [6.45, 7) is 0.971. The minimum Gasteiger partial charge on any atom is -0.396 e. The molecule has 0 saturated carbocycles. The third-order valence-corrected chi connectivity index (χ3v) is 1.89. The quantitative estimate of drug-likeness (QED) is 0.446. The number of nitrogens with one attached hydrogen (secondary N) is 2. The fraction of sp³-hybridized carbons (Fsp3) is 0.800. The number of hydrogen-bond acceptors (Lipinski definition) is 4. The SMILES string of the molecule is COCCNC(=O)CNC(=O)CCCCO. The van der Waals surface area contributed by atoms with Crippen LogP contribution in [0.2, 0.25) is 0 Å². The Hall–Kier alpha value is -1.14. The van der Waals surface area contributed by atoms with Gasteiger partial charge in [0.2, 0.25) is 11.8 Å². The van der Waals surface area contributed by atoms with E-state index in [4.69, 9.17) is 9.84 Å². The highest BCUT2D eigenvalue weighted by molar-refractivity contribution is 5.84. The molecule has 0 aliphatic rings. The highest BCUT2D eigenvalue weighted by Gasteiger charge is 2.04. The van der Waals surface area contributed by atoms with E-state index >= 15 is 0 Å². The monoisotopic (exact) mass is 232 g/mol. The molecule has 0 unspecified atom stereocenters. The summed E-state index contributed by atoms with van der Waals surface area (Å²) in [6, 6.07) is 0. The van der Waals surface area contributed by atoms with Crippen molar-refractivity contribution in [3.8, 4) is 0 Å². The zero-order valence-electron chi connectivity index (χ0n) is 9.62. The van der Waals surface area contributed by atoms with Crippen LogP contribution in [0.4, 0.5) is 0 Å². The average Bonchev–Trinajstić information content (AvgIpc) is 2.27. The van der Waals surface area contributed by atoms with Gasteiger partial charge in [-0.2, -0.15) is 0 Å². The first kappa shape index (κ1) is 14.9. The molecule has 3 N–H and O–H groups in total. The Balaban J connectivity index is 3.40. The third kappa shape index (κ3) is 9.42. The highest BCUT2D eigenvalue weighted by atomic mass is 16.5. The number of amides is 2. The average molecular weight is 232 g/mol. The lowest BCUT2D eigenvalue weighted by molar-refractivity contribution is -0.126. The van der Waals surface area contributed by atoms with E-state index in [-0.39, 0.29) is 25.0 Å². The van der Waals surface area contributed by atoms with Crippen molar-refractivity contribution < 1.29 is 19.4 Å². The minimum absolute atomic E-state index is 0.0122. The molecule has 6 heteroatoms. The minimum atomic E-state index is -0.229. The second-order valence-corrected chi connectivity index (χ2v) is 3.30. The summed E-state index contributed by atoms with van der Waals surface area (Å²) in [7, 11) is 1.55. The molecule has 0 bridgehead atoms. The number of carbonyl (C=O) groups is 2. The standard InChI is InChI=1S/C10H20N2O4/c1-16-7-5-11-10(15)8-12-9(14)4-2-3-6-13/h13H,2-8H2,1H3,(H,11,15)(H,12,14). The number of unbranched alkanes of at least 4 members (excludes halogenated alkanes) is 1. The van der Waals surface area contributed by atoms with Crippen molar-refractivity contribution in [2.75, 3.05) is 33.4 Å². The molecule has 0 aliphatic carbocycles. The van der Waals surface area contributed by atoms with Crippen LogP contribution in [0.15, 0.2) is 0 Å². The molecule has 16 heavy (non-hydrogen) atoms. The fourth-order valence-electron chi connectivity index (χ4n) is 1.02. The highest BCUT2D eigenvalue weighted by Crippen LogP contribution is 1.92. The van der Waals surface area contributed by atoms with Crippen LogP contribution in [0.1, 0.15) is 19.3 Å². The summed E-state index contributed by atoms with van der Waals surface area (Å²) in [5.74, 6) is -0.400. The van der Waals surface area contributed by atoms with Gasteiger partial charge >= 0.3 is 0 Å². The molecule has 0 saturated heterocycles. The molecule has 0 radical (unpaired) electrons. The first-order valence-electron chi connectivity index (χ1n) is 5.34. The summed E-state index contributed by atoms with van der Waals surface area (Å²) < 4.78 is 4.76.